The highest BCUT2D eigenvalue weighted by molar-refractivity contribution is 5.81. The van der Waals surface area contributed by atoms with E-state index in [9.17, 15) is 4.79 Å². The fourth-order valence-corrected chi connectivity index (χ4v) is 3.38. The van der Waals surface area contributed by atoms with Crippen LogP contribution in [0.1, 0.15) is 18.9 Å². The number of para-hydroxylation sites is 2. The van der Waals surface area contributed by atoms with Crippen molar-refractivity contribution in [3.63, 3.8) is 0 Å². The Hall–Kier alpha value is -2.73. The SMILES string of the molecule is CC[C@@H](Oc1ccccc1OC)C(=O)NCc1ccc(N2CCN(C)CC2)cc1. The molecule has 2 aromatic rings. The van der Waals surface area contributed by atoms with Gasteiger partial charge >= 0.3 is 0 Å². The molecular formula is C23H31N3O3. The lowest BCUT2D eigenvalue weighted by Gasteiger charge is -2.34. The van der Waals surface area contributed by atoms with Gasteiger partial charge in [0.15, 0.2) is 17.6 Å². The zero-order valence-electron chi connectivity index (χ0n) is 17.6. The molecule has 0 saturated carbocycles. The van der Waals surface area contributed by atoms with Crippen molar-refractivity contribution in [1.29, 1.82) is 0 Å². The van der Waals surface area contributed by atoms with Gasteiger partial charge in [-0.2, -0.15) is 0 Å². The number of nitrogens with zero attached hydrogens (tertiary/aromatic N) is 2. The third-order valence-corrected chi connectivity index (χ3v) is 5.27. The van der Waals surface area contributed by atoms with Crippen LogP contribution in [0.15, 0.2) is 48.5 Å². The third kappa shape index (κ3) is 5.64. The molecule has 2 aromatic carbocycles. The molecule has 1 heterocycles. The predicted molar refractivity (Wildman–Crippen MR) is 116 cm³/mol. The van der Waals surface area contributed by atoms with Gasteiger partial charge in [-0.3, -0.25) is 4.79 Å². The van der Waals surface area contributed by atoms with Gasteiger partial charge in [-0.25, -0.2) is 0 Å². The Kier molecular flexibility index (Phi) is 7.36. The van der Waals surface area contributed by atoms with E-state index in [-0.39, 0.29) is 5.91 Å². The fraction of sp³-hybridized carbons (Fsp3) is 0.435. The van der Waals surface area contributed by atoms with Gasteiger partial charge in [0.25, 0.3) is 5.91 Å². The number of nitrogens with one attached hydrogen (secondary N) is 1. The van der Waals surface area contributed by atoms with E-state index in [1.165, 1.54) is 5.69 Å². The first kappa shape index (κ1) is 21.0. The summed E-state index contributed by atoms with van der Waals surface area (Å²) in [5.74, 6) is 1.08. The molecule has 156 valence electrons. The highest BCUT2D eigenvalue weighted by Gasteiger charge is 2.20. The number of ether oxygens (including phenoxy) is 2. The largest absolute Gasteiger partial charge is 0.493 e. The average molecular weight is 398 g/mol. The number of likely N-dealkylation sites (N-methyl/N-ethyl adjacent to an activating group) is 1. The van der Waals surface area contributed by atoms with Crippen molar-refractivity contribution in [3.05, 3.63) is 54.1 Å². The molecule has 0 unspecified atom stereocenters. The molecule has 0 radical (unpaired) electrons. The monoisotopic (exact) mass is 397 g/mol. The Morgan fingerprint density at radius 2 is 1.69 bits per heavy atom. The first-order valence-corrected chi connectivity index (χ1v) is 10.2. The smallest absolute Gasteiger partial charge is 0.261 e. The summed E-state index contributed by atoms with van der Waals surface area (Å²) >= 11 is 0. The van der Waals surface area contributed by atoms with Crippen LogP contribution < -0.4 is 19.7 Å². The van der Waals surface area contributed by atoms with Gasteiger partial charge in [-0.1, -0.05) is 31.2 Å². The molecule has 0 spiro atoms. The molecule has 6 heteroatoms. The van der Waals surface area contributed by atoms with Crippen LogP contribution in [-0.2, 0) is 11.3 Å². The molecule has 6 nitrogen and oxygen atoms in total. The zero-order chi connectivity index (χ0) is 20.6. The van der Waals surface area contributed by atoms with Crippen molar-refractivity contribution in [1.82, 2.24) is 10.2 Å². The summed E-state index contributed by atoms with van der Waals surface area (Å²) in [7, 11) is 3.75. The summed E-state index contributed by atoms with van der Waals surface area (Å²) in [6.45, 7) is 6.68. The van der Waals surface area contributed by atoms with Gasteiger partial charge in [0.2, 0.25) is 0 Å². The molecule has 1 atom stereocenters. The van der Waals surface area contributed by atoms with E-state index in [4.69, 9.17) is 9.47 Å². The van der Waals surface area contributed by atoms with E-state index in [0.717, 1.165) is 31.7 Å². The van der Waals surface area contributed by atoms with E-state index in [1.807, 2.05) is 31.2 Å². The molecule has 0 bridgehead atoms. The summed E-state index contributed by atoms with van der Waals surface area (Å²) < 4.78 is 11.2. The Morgan fingerprint density at radius 1 is 1.03 bits per heavy atom. The molecule has 1 aliphatic heterocycles. The molecular weight excluding hydrogens is 366 g/mol. The van der Waals surface area contributed by atoms with Crippen molar-refractivity contribution < 1.29 is 14.3 Å². The van der Waals surface area contributed by atoms with Gasteiger partial charge < -0.3 is 24.6 Å². The molecule has 0 aliphatic carbocycles. The van der Waals surface area contributed by atoms with Crippen LogP contribution >= 0.6 is 0 Å². The summed E-state index contributed by atoms with van der Waals surface area (Å²) in [6.07, 6.45) is 0.0163. The number of anilines is 1. The maximum Gasteiger partial charge on any atom is 0.261 e. The van der Waals surface area contributed by atoms with Gasteiger partial charge in [0, 0.05) is 38.4 Å². The van der Waals surface area contributed by atoms with Crippen molar-refractivity contribution in [3.8, 4) is 11.5 Å². The number of carbonyl (C=O) groups is 1. The van der Waals surface area contributed by atoms with Crippen LogP contribution in [0.4, 0.5) is 5.69 Å². The van der Waals surface area contributed by atoms with Crippen LogP contribution in [-0.4, -0.2) is 57.2 Å². The molecule has 0 aromatic heterocycles. The van der Waals surface area contributed by atoms with Crippen LogP contribution in [0.2, 0.25) is 0 Å². The minimum absolute atomic E-state index is 0.124. The van der Waals surface area contributed by atoms with Gasteiger partial charge in [0.05, 0.1) is 7.11 Å². The second-order valence-electron chi connectivity index (χ2n) is 7.34. The molecule has 29 heavy (non-hydrogen) atoms. The maximum atomic E-state index is 12.6. The number of methoxy groups -OCH3 is 1. The topological polar surface area (TPSA) is 54.0 Å². The quantitative estimate of drug-likeness (QED) is 0.742. The third-order valence-electron chi connectivity index (χ3n) is 5.27. The van der Waals surface area contributed by atoms with Gasteiger partial charge in [-0.05, 0) is 43.3 Å². The van der Waals surface area contributed by atoms with Crippen molar-refractivity contribution in [2.45, 2.75) is 26.0 Å². The number of hydrogen-bond donors (Lipinski definition) is 1. The number of rotatable bonds is 8. The molecule has 1 fully saturated rings. The predicted octanol–water partition coefficient (Wildman–Crippen LogP) is 2.92. The molecule has 1 amide bonds. The first-order valence-electron chi connectivity index (χ1n) is 10.2. The molecule has 1 N–H and O–H groups in total. The Bertz CT molecular complexity index is 786. The summed E-state index contributed by atoms with van der Waals surface area (Å²) in [4.78, 5) is 17.4. The van der Waals surface area contributed by atoms with E-state index in [1.54, 1.807) is 7.11 Å². The number of hydrogen-bond acceptors (Lipinski definition) is 5. The minimum atomic E-state index is -0.559. The summed E-state index contributed by atoms with van der Waals surface area (Å²) in [6, 6.07) is 15.8. The average Bonchev–Trinajstić information content (AvgIpc) is 2.77. The maximum absolute atomic E-state index is 12.6. The van der Waals surface area contributed by atoms with Crippen molar-refractivity contribution >= 4 is 11.6 Å². The highest BCUT2D eigenvalue weighted by Crippen LogP contribution is 2.27. The lowest BCUT2D eigenvalue weighted by molar-refractivity contribution is -0.128. The van der Waals surface area contributed by atoms with Crippen LogP contribution in [0.3, 0.4) is 0 Å². The van der Waals surface area contributed by atoms with Crippen LogP contribution in [0.25, 0.3) is 0 Å². The van der Waals surface area contributed by atoms with Gasteiger partial charge in [-0.15, -0.1) is 0 Å². The number of amides is 1. The number of benzene rings is 2. The van der Waals surface area contributed by atoms with Crippen molar-refractivity contribution in [2.75, 3.05) is 45.2 Å². The standard InChI is InChI=1S/C23H31N3O3/c1-4-20(29-22-8-6-5-7-21(22)28-3)23(27)24-17-18-9-11-19(12-10-18)26-15-13-25(2)14-16-26/h5-12,20H,4,13-17H2,1-3H3,(H,24,27)/t20-/m1/s1. The Morgan fingerprint density at radius 3 is 2.31 bits per heavy atom. The normalized spacial score (nSPS) is 15.6. The lowest BCUT2D eigenvalue weighted by atomic mass is 10.1. The Labute approximate surface area is 173 Å². The van der Waals surface area contributed by atoms with E-state index in [0.29, 0.717) is 24.5 Å². The zero-order valence-corrected chi connectivity index (χ0v) is 17.6. The second-order valence-corrected chi connectivity index (χ2v) is 7.34. The first-order chi connectivity index (χ1) is 14.1. The summed E-state index contributed by atoms with van der Waals surface area (Å²) in [5, 5.41) is 2.99. The van der Waals surface area contributed by atoms with E-state index < -0.39 is 6.10 Å². The molecule has 1 saturated heterocycles. The lowest BCUT2D eigenvalue weighted by Crippen LogP contribution is -2.44. The number of carbonyl (C=O) groups excluding carboxylic acids is 1. The van der Waals surface area contributed by atoms with Crippen LogP contribution in [0.5, 0.6) is 11.5 Å². The van der Waals surface area contributed by atoms with E-state index >= 15 is 0 Å². The Balaban J connectivity index is 1.53. The highest BCUT2D eigenvalue weighted by atomic mass is 16.5. The minimum Gasteiger partial charge on any atom is -0.493 e. The number of piperazine rings is 1. The van der Waals surface area contributed by atoms with Crippen molar-refractivity contribution in [2.24, 2.45) is 0 Å². The summed E-state index contributed by atoms with van der Waals surface area (Å²) in [5.41, 5.74) is 2.31. The molecule has 3 rings (SSSR count). The second kappa shape index (κ2) is 10.2. The molecule has 1 aliphatic rings. The van der Waals surface area contributed by atoms with Gasteiger partial charge in [0.1, 0.15) is 0 Å². The van der Waals surface area contributed by atoms with E-state index in [2.05, 4.69) is 46.4 Å². The fourth-order valence-electron chi connectivity index (χ4n) is 3.38. The van der Waals surface area contributed by atoms with Crippen LogP contribution in [0, 0.1) is 0 Å².